The Kier molecular flexibility index (Phi) is 8.16. The van der Waals surface area contributed by atoms with Gasteiger partial charge in [0.1, 0.15) is 5.82 Å². The Morgan fingerprint density at radius 1 is 1.05 bits per heavy atom. The van der Waals surface area contributed by atoms with Gasteiger partial charge in [0.05, 0.1) is 28.2 Å². The van der Waals surface area contributed by atoms with Crippen molar-refractivity contribution in [3.63, 3.8) is 0 Å². The first-order valence-electron chi connectivity index (χ1n) is 12.7. The number of benzene rings is 3. The Labute approximate surface area is 229 Å². The van der Waals surface area contributed by atoms with Crippen LogP contribution in [0.3, 0.4) is 0 Å². The third-order valence-corrected chi connectivity index (χ3v) is 6.76. The molecule has 1 aromatic heterocycles. The second-order valence-electron chi connectivity index (χ2n) is 9.91. The van der Waals surface area contributed by atoms with Crippen LogP contribution in [0.15, 0.2) is 71.5 Å². The highest BCUT2D eigenvalue weighted by atomic mass is 35.5. The molecule has 0 N–H and O–H groups in total. The molecule has 39 heavy (non-hydrogen) atoms. The number of hydrogen-bond acceptors (Lipinski definition) is 3. The van der Waals surface area contributed by atoms with Crippen LogP contribution >= 0.6 is 11.6 Å². The van der Waals surface area contributed by atoms with Gasteiger partial charge in [0.2, 0.25) is 0 Å². The van der Waals surface area contributed by atoms with Crippen molar-refractivity contribution >= 4 is 28.4 Å². The van der Waals surface area contributed by atoms with Crippen molar-refractivity contribution in [3.05, 3.63) is 105 Å². The molecule has 5 nitrogen and oxygen atoms in total. The molecule has 0 saturated heterocycles. The lowest BCUT2D eigenvalue weighted by atomic mass is 10.0. The van der Waals surface area contributed by atoms with Crippen molar-refractivity contribution in [2.75, 3.05) is 6.54 Å². The van der Waals surface area contributed by atoms with Gasteiger partial charge in [-0.3, -0.25) is 14.2 Å². The van der Waals surface area contributed by atoms with Crippen LogP contribution in [0.1, 0.15) is 60.5 Å². The number of fused-ring (bicyclic) bond motifs is 1. The Morgan fingerprint density at radius 3 is 2.41 bits per heavy atom. The van der Waals surface area contributed by atoms with Crippen LogP contribution in [-0.2, 0) is 6.18 Å². The van der Waals surface area contributed by atoms with Crippen LogP contribution in [0, 0.1) is 12.8 Å². The van der Waals surface area contributed by atoms with E-state index in [4.69, 9.17) is 16.6 Å². The van der Waals surface area contributed by atoms with Gasteiger partial charge in [-0.15, -0.1) is 0 Å². The zero-order valence-electron chi connectivity index (χ0n) is 22.1. The second-order valence-corrected chi connectivity index (χ2v) is 10.3. The lowest BCUT2D eigenvalue weighted by Gasteiger charge is -2.34. The Balaban J connectivity index is 1.96. The van der Waals surface area contributed by atoms with Crippen molar-refractivity contribution < 1.29 is 18.0 Å². The third-order valence-electron chi connectivity index (χ3n) is 6.52. The topological polar surface area (TPSA) is 55.2 Å². The monoisotopic (exact) mass is 555 g/mol. The number of nitrogens with zero attached hydrogens (tertiary/aromatic N) is 3. The Morgan fingerprint density at radius 2 is 1.77 bits per heavy atom. The fraction of sp³-hybridized carbons (Fsp3) is 0.300. The minimum atomic E-state index is -4.59. The van der Waals surface area contributed by atoms with E-state index in [1.807, 2.05) is 27.7 Å². The molecule has 0 spiro atoms. The molecule has 4 rings (SSSR count). The zero-order valence-corrected chi connectivity index (χ0v) is 22.8. The number of rotatable bonds is 7. The molecule has 1 amide bonds. The zero-order chi connectivity index (χ0) is 28.5. The molecular weight excluding hydrogens is 527 g/mol. The van der Waals surface area contributed by atoms with Crippen LogP contribution in [0.2, 0.25) is 5.02 Å². The van der Waals surface area contributed by atoms with Crippen LogP contribution in [-0.4, -0.2) is 26.9 Å². The van der Waals surface area contributed by atoms with Gasteiger partial charge in [-0.25, -0.2) is 4.98 Å². The van der Waals surface area contributed by atoms with Gasteiger partial charge >= 0.3 is 6.18 Å². The number of carbonyl (C=O) groups is 1. The summed E-state index contributed by atoms with van der Waals surface area (Å²) in [6.07, 6.45) is -4.22. The summed E-state index contributed by atoms with van der Waals surface area (Å²) in [6.45, 7) is 7.77. The van der Waals surface area contributed by atoms with Gasteiger partial charge in [-0.1, -0.05) is 50.6 Å². The number of aryl methyl sites for hydroxylation is 1. The molecule has 1 unspecified atom stereocenters. The standard InChI is InChI=1S/C30H29ClF3N3O2/c1-5-25(36(17-18(2)3)28(38)20-9-8-10-21(16-20)30(32,33)34)27-35-24-12-7-6-11-23(24)29(39)37(27)26-14-13-22(31)15-19(26)4/h6-16,18,25H,5,17H2,1-4H3. The largest absolute Gasteiger partial charge is 0.416 e. The lowest BCUT2D eigenvalue weighted by molar-refractivity contribution is -0.137. The maximum Gasteiger partial charge on any atom is 0.416 e. The Hall–Kier alpha value is -3.65. The number of para-hydroxylation sites is 1. The van der Waals surface area contributed by atoms with E-state index in [9.17, 15) is 22.8 Å². The molecule has 204 valence electrons. The predicted octanol–water partition coefficient (Wildman–Crippen LogP) is 7.62. The summed E-state index contributed by atoms with van der Waals surface area (Å²) in [6, 6.07) is 15.8. The van der Waals surface area contributed by atoms with E-state index >= 15 is 0 Å². The van der Waals surface area contributed by atoms with E-state index < -0.39 is 23.7 Å². The van der Waals surface area contributed by atoms with E-state index in [2.05, 4.69) is 0 Å². The van der Waals surface area contributed by atoms with Crippen molar-refractivity contribution in [1.29, 1.82) is 0 Å². The minimum Gasteiger partial charge on any atom is -0.328 e. The highest BCUT2D eigenvalue weighted by molar-refractivity contribution is 6.30. The van der Waals surface area contributed by atoms with E-state index in [1.54, 1.807) is 42.5 Å². The molecule has 4 aromatic rings. The van der Waals surface area contributed by atoms with Gasteiger partial charge < -0.3 is 4.90 Å². The summed E-state index contributed by atoms with van der Waals surface area (Å²) < 4.78 is 41.8. The number of amides is 1. The van der Waals surface area contributed by atoms with Crippen molar-refractivity contribution in [3.8, 4) is 5.69 Å². The molecule has 9 heteroatoms. The average Bonchev–Trinajstić information content (AvgIpc) is 2.88. The summed E-state index contributed by atoms with van der Waals surface area (Å²) in [4.78, 5) is 34.2. The van der Waals surface area contributed by atoms with E-state index in [0.29, 0.717) is 33.9 Å². The molecule has 0 fully saturated rings. The summed E-state index contributed by atoms with van der Waals surface area (Å²) in [7, 11) is 0. The van der Waals surface area contributed by atoms with Gasteiger partial charge in [0.15, 0.2) is 0 Å². The molecule has 0 bridgehead atoms. The van der Waals surface area contributed by atoms with Crippen LogP contribution in [0.5, 0.6) is 0 Å². The maximum atomic E-state index is 13.9. The summed E-state index contributed by atoms with van der Waals surface area (Å²) >= 11 is 6.19. The number of alkyl halides is 3. The summed E-state index contributed by atoms with van der Waals surface area (Å²) in [5, 5.41) is 0.915. The normalized spacial score (nSPS) is 12.6. The minimum absolute atomic E-state index is 0.00769. The van der Waals surface area contributed by atoms with Crippen molar-refractivity contribution in [2.45, 2.75) is 46.3 Å². The smallest absolute Gasteiger partial charge is 0.328 e. The molecule has 0 aliphatic heterocycles. The molecule has 0 radical (unpaired) electrons. The average molecular weight is 556 g/mol. The number of hydrogen-bond donors (Lipinski definition) is 0. The first-order valence-corrected chi connectivity index (χ1v) is 13.1. The first kappa shape index (κ1) is 28.4. The highest BCUT2D eigenvalue weighted by Crippen LogP contribution is 2.32. The molecule has 0 aliphatic rings. The van der Waals surface area contributed by atoms with E-state index in [-0.39, 0.29) is 23.6 Å². The predicted molar refractivity (Wildman–Crippen MR) is 147 cm³/mol. The number of aromatic nitrogens is 2. The second kappa shape index (κ2) is 11.2. The molecule has 3 aromatic carbocycles. The van der Waals surface area contributed by atoms with Gasteiger partial charge in [0, 0.05) is 17.1 Å². The lowest BCUT2D eigenvalue weighted by Crippen LogP contribution is -2.40. The first-order chi connectivity index (χ1) is 18.4. The maximum absolute atomic E-state index is 13.9. The fourth-order valence-corrected chi connectivity index (χ4v) is 4.98. The van der Waals surface area contributed by atoms with Crippen molar-refractivity contribution in [2.24, 2.45) is 5.92 Å². The molecule has 1 atom stereocenters. The SMILES string of the molecule is CCC(c1nc2ccccc2c(=O)n1-c1ccc(Cl)cc1C)N(CC(C)C)C(=O)c1cccc(C(F)(F)F)c1. The van der Waals surface area contributed by atoms with Gasteiger partial charge in [-0.05, 0) is 73.4 Å². The highest BCUT2D eigenvalue weighted by Gasteiger charge is 2.34. The Bertz CT molecular complexity index is 1580. The summed E-state index contributed by atoms with van der Waals surface area (Å²) in [5.74, 6) is -0.247. The van der Waals surface area contributed by atoms with Gasteiger partial charge in [0.25, 0.3) is 11.5 Å². The van der Waals surface area contributed by atoms with Crippen molar-refractivity contribution in [1.82, 2.24) is 14.5 Å². The molecular formula is C30H29ClF3N3O2. The van der Waals surface area contributed by atoms with Crippen LogP contribution in [0.4, 0.5) is 13.2 Å². The molecule has 0 aliphatic carbocycles. The number of halogens is 4. The molecule has 0 saturated carbocycles. The van der Waals surface area contributed by atoms with E-state index in [1.165, 1.54) is 21.6 Å². The molecule has 1 heterocycles. The fourth-order valence-electron chi connectivity index (χ4n) is 4.76. The quantitative estimate of drug-likeness (QED) is 0.236. The number of carbonyl (C=O) groups excluding carboxylic acids is 1. The summed E-state index contributed by atoms with van der Waals surface area (Å²) in [5.41, 5.74) is 0.472. The van der Waals surface area contributed by atoms with E-state index in [0.717, 1.165) is 17.7 Å². The van der Waals surface area contributed by atoms with Crippen LogP contribution < -0.4 is 5.56 Å². The van der Waals surface area contributed by atoms with Crippen LogP contribution in [0.25, 0.3) is 16.6 Å². The third kappa shape index (κ3) is 5.86. The van der Waals surface area contributed by atoms with Gasteiger partial charge in [-0.2, -0.15) is 13.2 Å².